The first-order chi connectivity index (χ1) is 8.74. The van der Waals surface area contributed by atoms with Gasteiger partial charge in [-0.05, 0) is 5.56 Å². The van der Waals surface area contributed by atoms with E-state index in [1.54, 1.807) is 0 Å². The fourth-order valence-electron chi connectivity index (χ4n) is 2.93. The number of likely N-dealkylation sites (N-methyl/N-ethyl adjacent to an activating group) is 1. The van der Waals surface area contributed by atoms with Crippen molar-refractivity contribution in [3.8, 4) is 0 Å². The molecule has 1 aromatic rings. The molecule has 0 radical (unpaired) electrons. The van der Waals surface area contributed by atoms with Gasteiger partial charge in [0.15, 0.2) is 0 Å². The SMILES string of the molecule is CN1C[C@H]2CN(Cc3ccccc3)CCN2C1=O. The number of hydrogen-bond donors (Lipinski definition) is 0. The maximum Gasteiger partial charge on any atom is 0.320 e. The summed E-state index contributed by atoms with van der Waals surface area (Å²) in [5.41, 5.74) is 1.35. The monoisotopic (exact) mass is 245 g/mol. The molecule has 4 heteroatoms. The van der Waals surface area contributed by atoms with Gasteiger partial charge in [0, 0.05) is 39.8 Å². The summed E-state index contributed by atoms with van der Waals surface area (Å²) < 4.78 is 0. The number of hydrogen-bond acceptors (Lipinski definition) is 2. The van der Waals surface area contributed by atoms with Gasteiger partial charge in [0.2, 0.25) is 0 Å². The van der Waals surface area contributed by atoms with Crippen molar-refractivity contribution in [2.24, 2.45) is 0 Å². The number of nitrogens with zero attached hydrogens (tertiary/aromatic N) is 3. The second-order valence-electron chi connectivity index (χ2n) is 5.23. The molecule has 0 saturated carbocycles. The number of amides is 2. The predicted octanol–water partition coefficient (Wildman–Crippen LogP) is 1.24. The van der Waals surface area contributed by atoms with E-state index < -0.39 is 0 Å². The van der Waals surface area contributed by atoms with Gasteiger partial charge >= 0.3 is 6.03 Å². The van der Waals surface area contributed by atoms with Crippen LogP contribution in [0.1, 0.15) is 5.56 Å². The fourth-order valence-corrected chi connectivity index (χ4v) is 2.93. The van der Waals surface area contributed by atoms with Crippen molar-refractivity contribution in [2.45, 2.75) is 12.6 Å². The van der Waals surface area contributed by atoms with Crippen molar-refractivity contribution < 1.29 is 4.79 Å². The summed E-state index contributed by atoms with van der Waals surface area (Å²) in [7, 11) is 1.89. The lowest BCUT2D eigenvalue weighted by Crippen LogP contribution is -2.51. The normalized spacial score (nSPS) is 24.5. The molecule has 2 heterocycles. The molecule has 0 N–H and O–H groups in total. The maximum atomic E-state index is 11.8. The molecule has 18 heavy (non-hydrogen) atoms. The van der Waals surface area contributed by atoms with E-state index in [0.29, 0.717) is 6.04 Å². The van der Waals surface area contributed by atoms with Gasteiger partial charge < -0.3 is 9.80 Å². The van der Waals surface area contributed by atoms with Gasteiger partial charge in [-0.3, -0.25) is 4.90 Å². The fraction of sp³-hybridized carbons (Fsp3) is 0.500. The van der Waals surface area contributed by atoms with Gasteiger partial charge in [-0.15, -0.1) is 0 Å². The summed E-state index contributed by atoms with van der Waals surface area (Å²) in [5.74, 6) is 0. The van der Waals surface area contributed by atoms with Crippen molar-refractivity contribution in [2.75, 3.05) is 33.2 Å². The minimum Gasteiger partial charge on any atom is -0.326 e. The predicted molar refractivity (Wildman–Crippen MR) is 70.2 cm³/mol. The maximum absolute atomic E-state index is 11.8. The standard InChI is InChI=1S/C14H19N3O/c1-15-10-13-11-16(7-8-17(13)14(15)18)9-12-5-3-2-4-6-12/h2-6,13H,7-11H2,1H3/t13-/m0/s1. The Kier molecular flexibility index (Phi) is 2.96. The van der Waals surface area contributed by atoms with Crippen molar-refractivity contribution >= 4 is 6.03 Å². The zero-order chi connectivity index (χ0) is 12.5. The number of fused-ring (bicyclic) bond motifs is 1. The summed E-state index contributed by atoms with van der Waals surface area (Å²) in [4.78, 5) is 18.1. The largest absolute Gasteiger partial charge is 0.326 e. The third kappa shape index (κ3) is 2.08. The molecule has 4 nitrogen and oxygen atoms in total. The summed E-state index contributed by atoms with van der Waals surface area (Å²) in [6, 6.07) is 11.1. The Morgan fingerprint density at radius 3 is 2.72 bits per heavy atom. The minimum atomic E-state index is 0.194. The highest BCUT2D eigenvalue weighted by Crippen LogP contribution is 2.20. The van der Waals surface area contributed by atoms with E-state index in [1.807, 2.05) is 22.9 Å². The molecule has 0 aliphatic carbocycles. The third-order valence-electron chi connectivity index (χ3n) is 3.87. The lowest BCUT2D eigenvalue weighted by atomic mass is 10.1. The van der Waals surface area contributed by atoms with E-state index in [-0.39, 0.29) is 6.03 Å². The van der Waals surface area contributed by atoms with Crippen LogP contribution < -0.4 is 0 Å². The van der Waals surface area contributed by atoms with E-state index in [4.69, 9.17) is 0 Å². The van der Waals surface area contributed by atoms with Crippen molar-refractivity contribution in [3.05, 3.63) is 35.9 Å². The molecule has 3 rings (SSSR count). The first-order valence-electron chi connectivity index (χ1n) is 6.52. The van der Waals surface area contributed by atoms with Gasteiger partial charge in [0.05, 0.1) is 6.04 Å². The molecule has 2 aliphatic rings. The number of rotatable bonds is 2. The van der Waals surface area contributed by atoms with Crippen LogP contribution in [0.4, 0.5) is 4.79 Å². The van der Waals surface area contributed by atoms with E-state index in [9.17, 15) is 4.79 Å². The van der Waals surface area contributed by atoms with Crippen LogP contribution in [0.2, 0.25) is 0 Å². The van der Waals surface area contributed by atoms with Crippen LogP contribution in [0.3, 0.4) is 0 Å². The zero-order valence-corrected chi connectivity index (χ0v) is 10.7. The Balaban J connectivity index is 1.63. The molecule has 2 aliphatic heterocycles. The number of urea groups is 1. The van der Waals surface area contributed by atoms with Crippen LogP contribution in [-0.4, -0.2) is 60.0 Å². The molecule has 0 unspecified atom stereocenters. The Morgan fingerprint density at radius 1 is 1.17 bits per heavy atom. The second kappa shape index (κ2) is 4.61. The highest BCUT2D eigenvalue weighted by molar-refractivity contribution is 5.77. The number of benzene rings is 1. The van der Waals surface area contributed by atoms with Crippen molar-refractivity contribution in [1.29, 1.82) is 0 Å². The summed E-state index contributed by atoms with van der Waals surface area (Å²) in [6.45, 7) is 4.68. The quantitative estimate of drug-likeness (QED) is 0.783. The average molecular weight is 245 g/mol. The van der Waals surface area contributed by atoms with Gasteiger partial charge in [-0.25, -0.2) is 4.79 Å². The molecule has 0 bridgehead atoms. The molecule has 2 saturated heterocycles. The van der Waals surface area contributed by atoms with Crippen LogP contribution in [0.15, 0.2) is 30.3 Å². The van der Waals surface area contributed by atoms with E-state index in [0.717, 1.165) is 32.7 Å². The first kappa shape index (κ1) is 11.5. The van der Waals surface area contributed by atoms with Crippen LogP contribution in [0.25, 0.3) is 0 Å². The Labute approximate surface area is 108 Å². The Bertz CT molecular complexity index is 434. The lowest BCUT2D eigenvalue weighted by Gasteiger charge is -2.36. The summed E-state index contributed by atoms with van der Waals surface area (Å²) in [5, 5.41) is 0. The van der Waals surface area contributed by atoms with Crippen LogP contribution in [-0.2, 0) is 6.54 Å². The number of piperazine rings is 1. The van der Waals surface area contributed by atoms with Gasteiger partial charge in [0.1, 0.15) is 0 Å². The molecular formula is C14H19N3O. The molecular weight excluding hydrogens is 226 g/mol. The third-order valence-corrected chi connectivity index (χ3v) is 3.87. The molecule has 0 spiro atoms. The molecule has 2 fully saturated rings. The molecule has 1 atom stereocenters. The molecule has 96 valence electrons. The summed E-state index contributed by atoms with van der Waals surface area (Å²) in [6.07, 6.45) is 0. The molecule has 2 amide bonds. The van der Waals surface area contributed by atoms with Gasteiger partial charge in [-0.1, -0.05) is 30.3 Å². The van der Waals surface area contributed by atoms with E-state index in [2.05, 4.69) is 29.2 Å². The van der Waals surface area contributed by atoms with Gasteiger partial charge in [0.25, 0.3) is 0 Å². The van der Waals surface area contributed by atoms with Crippen molar-refractivity contribution in [3.63, 3.8) is 0 Å². The molecule has 0 aromatic heterocycles. The highest BCUT2D eigenvalue weighted by Gasteiger charge is 2.38. The van der Waals surface area contributed by atoms with E-state index in [1.165, 1.54) is 5.56 Å². The highest BCUT2D eigenvalue weighted by atomic mass is 16.2. The van der Waals surface area contributed by atoms with Crippen LogP contribution in [0, 0.1) is 0 Å². The zero-order valence-electron chi connectivity index (χ0n) is 10.7. The molecule has 1 aromatic carbocycles. The smallest absolute Gasteiger partial charge is 0.320 e. The van der Waals surface area contributed by atoms with E-state index >= 15 is 0 Å². The minimum absolute atomic E-state index is 0.194. The Hall–Kier alpha value is -1.55. The van der Waals surface area contributed by atoms with Crippen molar-refractivity contribution in [1.82, 2.24) is 14.7 Å². The van der Waals surface area contributed by atoms with Crippen LogP contribution in [0.5, 0.6) is 0 Å². The topological polar surface area (TPSA) is 26.8 Å². The number of carbonyl (C=O) groups is 1. The average Bonchev–Trinajstić information content (AvgIpc) is 2.66. The number of carbonyl (C=O) groups excluding carboxylic acids is 1. The summed E-state index contributed by atoms with van der Waals surface area (Å²) >= 11 is 0. The second-order valence-corrected chi connectivity index (χ2v) is 5.23. The lowest BCUT2D eigenvalue weighted by molar-refractivity contribution is 0.116. The van der Waals surface area contributed by atoms with Crippen LogP contribution >= 0.6 is 0 Å². The first-order valence-corrected chi connectivity index (χ1v) is 6.52. The Morgan fingerprint density at radius 2 is 1.94 bits per heavy atom. The van der Waals surface area contributed by atoms with Gasteiger partial charge in [-0.2, -0.15) is 0 Å².